The van der Waals surface area contributed by atoms with Crippen LogP contribution in [0.5, 0.6) is 5.88 Å². The molecule has 138 valence electrons. The molecule has 6 nitrogen and oxygen atoms in total. The highest BCUT2D eigenvalue weighted by molar-refractivity contribution is 7.90. The van der Waals surface area contributed by atoms with Crippen LogP contribution in [0.25, 0.3) is 22.2 Å². The van der Waals surface area contributed by atoms with Crippen LogP contribution in [0.2, 0.25) is 0 Å². The first-order valence-electron chi connectivity index (χ1n) is 7.09. The Kier molecular flexibility index (Phi) is 4.57. The fourth-order valence-electron chi connectivity index (χ4n) is 2.53. The maximum absolute atomic E-state index is 13.3. The van der Waals surface area contributed by atoms with Crippen molar-refractivity contribution in [2.24, 2.45) is 0 Å². The molecule has 3 aromatic rings. The number of sulfone groups is 1. The predicted octanol–water partition coefficient (Wildman–Crippen LogP) is 3.57. The lowest BCUT2D eigenvalue weighted by Crippen LogP contribution is -2.04. The summed E-state index contributed by atoms with van der Waals surface area (Å²) in [5, 5.41) is 6.18. The number of halogens is 4. The number of fused-ring (bicyclic) bond motifs is 1. The molecule has 0 radical (unpaired) electrons. The number of nitrogens with one attached hydrogen (secondary N) is 1. The topological polar surface area (TPSA) is 84.9 Å². The summed E-state index contributed by atoms with van der Waals surface area (Å²) in [7, 11) is -3.88. The number of nitrogens with zero attached hydrogens (tertiary/aromatic N) is 2. The monoisotopic (exact) mass is 389 g/mol. The molecule has 1 aromatic carbocycles. The van der Waals surface area contributed by atoms with E-state index in [0.717, 1.165) is 18.4 Å². The van der Waals surface area contributed by atoms with Gasteiger partial charge in [0.05, 0.1) is 21.5 Å². The van der Waals surface area contributed by atoms with Gasteiger partial charge >= 0.3 is 6.61 Å². The number of H-pyrrole nitrogens is 1. The first-order valence-corrected chi connectivity index (χ1v) is 8.98. The van der Waals surface area contributed by atoms with Gasteiger partial charge in [0.2, 0.25) is 5.88 Å². The van der Waals surface area contributed by atoms with Crippen LogP contribution in [-0.4, -0.2) is 36.5 Å². The SMILES string of the molecule is CS(=O)(=O)c1ccc(-c2nccc3[nH]nc(OC(F)F)c23)cc1C(F)F. The Morgan fingerprint density at radius 2 is 1.88 bits per heavy atom. The first-order chi connectivity index (χ1) is 12.2. The maximum atomic E-state index is 13.3. The van der Waals surface area contributed by atoms with Gasteiger partial charge in [-0.15, -0.1) is 5.10 Å². The number of pyridine rings is 1. The van der Waals surface area contributed by atoms with Gasteiger partial charge in [0.25, 0.3) is 6.43 Å². The number of alkyl halides is 4. The summed E-state index contributed by atoms with van der Waals surface area (Å²) in [5.41, 5.74) is -0.243. The van der Waals surface area contributed by atoms with Crippen molar-refractivity contribution >= 4 is 20.7 Å². The van der Waals surface area contributed by atoms with Crippen LogP contribution in [0.1, 0.15) is 12.0 Å². The van der Waals surface area contributed by atoms with Crippen LogP contribution in [-0.2, 0) is 9.84 Å². The molecule has 0 atom stereocenters. The third-order valence-corrected chi connectivity index (χ3v) is 4.73. The van der Waals surface area contributed by atoms with Crippen molar-refractivity contribution in [3.8, 4) is 17.1 Å². The number of hydrogen-bond acceptors (Lipinski definition) is 5. The van der Waals surface area contributed by atoms with E-state index in [0.29, 0.717) is 5.52 Å². The highest BCUT2D eigenvalue weighted by Crippen LogP contribution is 2.36. The van der Waals surface area contributed by atoms with Gasteiger partial charge in [-0.05, 0) is 18.2 Å². The predicted molar refractivity (Wildman–Crippen MR) is 84.0 cm³/mol. The molecule has 0 bridgehead atoms. The normalized spacial score (nSPS) is 12.3. The minimum atomic E-state index is -3.88. The number of benzene rings is 1. The molecule has 2 aromatic heterocycles. The second-order valence-corrected chi connectivity index (χ2v) is 7.30. The van der Waals surface area contributed by atoms with Crippen LogP contribution in [0, 0.1) is 0 Å². The molecule has 0 amide bonds. The average Bonchev–Trinajstić information content (AvgIpc) is 2.96. The van der Waals surface area contributed by atoms with E-state index in [1.165, 1.54) is 18.3 Å². The molecule has 26 heavy (non-hydrogen) atoms. The minimum absolute atomic E-state index is 0.0499. The van der Waals surface area contributed by atoms with E-state index < -0.39 is 39.2 Å². The Labute approximate surface area is 144 Å². The quantitative estimate of drug-likeness (QED) is 0.675. The zero-order chi connectivity index (χ0) is 19.1. The lowest BCUT2D eigenvalue weighted by Gasteiger charge is -2.11. The zero-order valence-corrected chi connectivity index (χ0v) is 13.9. The third-order valence-electron chi connectivity index (χ3n) is 3.56. The lowest BCUT2D eigenvalue weighted by atomic mass is 10.0. The molecule has 0 fully saturated rings. The van der Waals surface area contributed by atoms with Crippen LogP contribution >= 0.6 is 0 Å². The van der Waals surface area contributed by atoms with Gasteiger partial charge in [-0.2, -0.15) is 8.78 Å². The summed E-state index contributed by atoms with van der Waals surface area (Å²) >= 11 is 0. The van der Waals surface area contributed by atoms with E-state index in [-0.39, 0.29) is 16.6 Å². The molecule has 11 heteroatoms. The van der Waals surface area contributed by atoms with Gasteiger partial charge in [-0.1, -0.05) is 6.07 Å². The summed E-state index contributed by atoms with van der Waals surface area (Å²) in [6, 6.07) is 4.70. The molecule has 0 unspecified atom stereocenters. The lowest BCUT2D eigenvalue weighted by molar-refractivity contribution is -0.0518. The van der Waals surface area contributed by atoms with E-state index in [1.54, 1.807) is 0 Å². The van der Waals surface area contributed by atoms with E-state index >= 15 is 0 Å². The van der Waals surface area contributed by atoms with Crippen LogP contribution < -0.4 is 4.74 Å². The molecule has 0 aliphatic heterocycles. The van der Waals surface area contributed by atoms with E-state index in [2.05, 4.69) is 19.9 Å². The summed E-state index contributed by atoms with van der Waals surface area (Å²) in [6.45, 7) is -3.14. The first kappa shape index (κ1) is 18.1. The Hall–Kier alpha value is -2.69. The summed E-state index contributed by atoms with van der Waals surface area (Å²) in [5.74, 6) is -0.441. The Balaban J connectivity index is 2.24. The van der Waals surface area contributed by atoms with Gasteiger partial charge in [0.1, 0.15) is 0 Å². The van der Waals surface area contributed by atoms with Crippen molar-refractivity contribution in [2.45, 2.75) is 17.9 Å². The fraction of sp³-hybridized carbons (Fsp3) is 0.200. The summed E-state index contributed by atoms with van der Waals surface area (Å²) < 4.78 is 79.5. The Morgan fingerprint density at radius 3 is 2.50 bits per heavy atom. The molecule has 2 heterocycles. The second-order valence-electron chi connectivity index (χ2n) is 5.31. The van der Waals surface area contributed by atoms with Crippen molar-refractivity contribution < 1.29 is 30.7 Å². The average molecular weight is 389 g/mol. The number of hydrogen-bond donors (Lipinski definition) is 1. The van der Waals surface area contributed by atoms with E-state index in [9.17, 15) is 26.0 Å². The van der Waals surface area contributed by atoms with Gasteiger partial charge < -0.3 is 4.74 Å². The second kappa shape index (κ2) is 6.56. The van der Waals surface area contributed by atoms with Gasteiger partial charge in [0.15, 0.2) is 9.84 Å². The van der Waals surface area contributed by atoms with Crippen LogP contribution in [0.4, 0.5) is 17.6 Å². The molecule has 0 saturated carbocycles. The number of aromatic amines is 1. The van der Waals surface area contributed by atoms with Crippen molar-refractivity contribution in [3.05, 3.63) is 36.0 Å². The molecule has 1 N–H and O–H groups in total. The number of ether oxygens (including phenoxy) is 1. The fourth-order valence-corrected chi connectivity index (χ4v) is 3.42. The Bertz CT molecular complexity index is 1070. The molecule has 0 saturated heterocycles. The number of aromatic nitrogens is 3. The van der Waals surface area contributed by atoms with Gasteiger partial charge in [0, 0.05) is 23.6 Å². The van der Waals surface area contributed by atoms with Crippen molar-refractivity contribution in [1.29, 1.82) is 0 Å². The van der Waals surface area contributed by atoms with Crippen molar-refractivity contribution in [2.75, 3.05) is 6.26 Å². The molecule has 0 aliphatic rings. The van der Waals surface area contributed by atoms with Crippen molar-refractivity contribution in [3.63, 3.8) is 0 Å². The third kappa shape index (κ3) is 3.34. The van der Waals surface area contributed by atoms with Gasteiger partial charge in [-0.3, -0.25) is 10.1 Å². The molecular formula is C15H11F4N3O3S. The number of rotatable bonds is 5. The van der Waals surface area contributed by atoms with Crippen LogP contribution in [0.15, 0.2) is 35.4 Å². The molecule has 0 aliphatic carbocycles. The highest BCUT2D eigenvalue weighted by Gasteiger charge is 2.23. The smallest absolute Gasteiger partial charge is 0.388 e. The largest absolute Gasteiger partial charge is 0.415 e. The van der Waals surface area contributed by atoms with Crippen molar-refractivity contribution in [1.82, 2.24) is 15.2 Å². The zero-order valence-electron chi connectivity index (χ0n) is 13.1. The van der Waals surface area contributed by atoms with E-state index in [1.807, 2.05) is 0 Å². The molecule has 3 rings (SSSR count). The molecule has 0 spiro atoms. The van der Waals surface area contributed by atoms with E-state index in [4.69, 9.17) is 0 Å². The highest BCUT2D eigenvalue weighted by atomic mass is 32.2. The van der Waals surface area contributed by atoms with Crippen LogP contribution in [0.3, 0.4) is 0 Å². The minimum Gasteiger partial charge on any atom is -0.415 e. The standard InChI is InChI=1S/C15H11F4N3O3S/c1-26(23,24)10-3-2-7(6-8(10)13(16)17)12-11-9(4-5-20-12)21-22-14(11)25-15(18)19/h2-6,13,15H,1H3,(H,21,22). The summed E-state index contributed by atoms with van der Waals surface area (Å²) in [6.07, 6.45) is -0.911. The Morgan fingerprint density at radius 1 is 1.15 bits per heavy atom. The summed E-state index contributed by atoms with van der Waals surface area (Å²) in [4.78, 5) is 3.52. The molecular weight excluding hydrogens is 378 g/mol. The van der Waals surface area contributed by atoms with Gasteiger partial charge in [-0.25, -0.2) is 17.2 Å². The maximum Gasteiger partial charge on any atom is 0.388 e.